The zero-order valence-electron chi connectivity index (χ0n) is 12.2. The van der Waals surface area contributed by atoms with E-state index in [0.717, 1.165) is 30.1 Å². The fraction of sp³-hybridized carbons (Fsp3) is 0.167. The summed E-state index contributed by atoms with van der Waals surface area (Å²) in [6.45, 7) is 2.34. The van der Waals surface area contributed by atoms with Crippen LogP contribution in [0.4, 0.5) is 0 Å². The Bertz CT molecular complexity index is 763. The predicted molar refractivity (Wildman–Crippen MR) is 85.3 cm³/mol. The molecule has 0 unspecified atom stereocenters. The van der Waals surface area contributed by atoms with Gasteiger partial charge in [-0.25, -0.2) is 0 Å². The number of hydrogen-bond acceptors (Lipinski definition) is 3. The first-order chi connectivity index (χ1) is 10.9. The molecule has 2 N–H and O–H groups in total. The Morgan fingerprint density at radius 3 is 2.59 bits per heavy atom. The van der Waals surface area contributed by atoms with Gasteiger partial charge in [-0.1, -0.05) is 30.3 Å². The van der Waals surface area contributed by atoms with E-state index in [1.165, 1.54) is 16.8 Å². The average molecular weight is 291 g/mol. The van der Waals surface area contributed by atoms with Gasteiger partial charge in [0.2, 0.25) is 0 Å². The minimum absolute atomic E-state index is 0.585. The summed E-state index contributed by atoms with van der Waals surface area (Å²) in [6.07, 6.45) is 0. The number of ether oxygens (including phenoxy) is 1. The molecule has 22 heavy (non-hydrogen) atoms. The van der Waals surface area contributed by atoms with Gasteiger partial charge in [-0.15, -0.1) is 0 Å². The highest BCUT2D eigenvalue weighted by molar-refractivity contribution is 5.65. The number of H-pyrrole nitrogens is 1. The van der Waals surface area contributed by atoms with Crippen LogP contribution in [-0.4, -0.2) is 10.2 Å². The van der Waals surface area contributed by atoms with E-state index in [1.807, 2.05) is 30.3 Å². The van der Waals surface area contributed by atoms with E-state index in [2.05, 4.69) is 39.8 Å². The predicted octanol–water partition coefficient (Wildman–Crippen LogP) is 3.26. The maximum atomic E-state index is 5.82. The Morgan fingerprint density at radius 2 is 1.77 bits per heavy atom. The summed E-state index contributed by atoms with van der Waals surface area (Å²) >= 11 is 0. The first-order valence-electron chi connectivity index (χ1n) is 7.44. The molecule has 4 nitrogen and oxygen atoms in total. The molecule has 2 aromatic carbocycles. The van der Waals surface area contributed by atoms with Crippen molar-refractivity contribution in [3.63, 3.8) is 0 Å². The lowest BCUT2D eigenvalue weighted by atomic mass is 10.1. The number of aromatic nitrogens is 2. The van der Waals surface area contributed by atoms with Crippen LogP contribution in [0.3, 0.4) is 0 Å². The summed E-state index contributed by atoms with van der Waals surface area (Å²) < 4.78 is 5.82. The van der Waals surface area contributed by atoms with Crippen molar-refractivity contribution in [3.05, 3.63) is 71.4 Å². The molecule has 0 aliphatic carbocycles. The zero-order chi connectivity index (χ0) is 14.8. The Kier molecular flexibility index (Phi) is 3.37. The Balaban J connectivity index is 1.48. The highest BCUT2D eigenvalue weighted by Gasteiger charge is 2.18. The molecule has 4 heteroatoms. The van der Waals surface area contributed by atoms with Gasteiger partial charge in [-0.3, -0.25) is 5.10 Å². The largest absolute Gasteiger partial charge is 0.489 e. The minimum atomic E-state index is 0.585. The molecule has 1 aliphatic rings. The molecule has 0 atom stereocenters. The van der Waals surface area contributed by atoms with Crippen molar-refractivity contribution in [3.8, 4) is 17.0 Å². The lowest BCUT2D eigenvalue weighted by Crippen LogP contribution is -2.02. The van der Waals surface area contributed by atoms with Crippen molar-refractivity contribution in [2.75, 3.05) is 0 Å². The summed E-state index contributed by atoms with van der Waals surface area (Å²) in [7, 11) is 0. The molecule has 0 saturated carbocycles. The average Bonchev–Trinajstić information content (AvgIpc) is 3.18. The Labute approximate surface area is 129 Å². The number of rotatable bonds is 4. The monoisotopic (exact) mass is 291 g/mol. The second-order valence-electron chi connectivity index (χ2n) is 5.43. The Morgan fingerprint density at radius 1 is 0.955 bits per heavy atom. The number of nitrogens with zero attached hydrogens (tertiary/aromatic N) is 1. The number of aromatic amines is 1. The molecule has 1 aromatic heterocycles. The van der Waals surface area contributed by atoms with E-state index >= 15 is 0 Å². The lowest BCUT2D eigenvalue weighted by Gasteiger charge is -2.07. The third kappa shape index (κ3) is 2.49. The van der Waals surface area contributed by atoms with Gasteiger partial charge in [0.15, 0.2) is 0 Å². The molecule has 0 fully saturated rings. The second kappa shape index (κ2) is 5.66. The van der Waals surface area contributed by atoms with E-state index in [1.54, 1.807) is 0 Å². The normalized spacial score (nSPS) is 13.1. The first-order valence-corrected chi connectivity index (χ1v) is 7.44. The van der Waals surface area contributed by atoms with Gasteiger partial charge >= 0.3 is 0 Å². The molecular formula is C18H17N3O. The van der Waals surface area contributed by atoms with Crippen molar-refractivity contribution < 1.29 is 4.74 Å². The quantitative estimate of drug-likeness (QED) is 0.775. The van der Waals surface area contributed by atoms with Crippen molar-refractivity contribution in [2.45, 2.75) is 19.7 Å². The fourth-order valence-electron chi connectivity index (χ4n) is 2.74. The third-order valence-electron chi connectivity index (χ3n) is 3.93. The lowest BCUT2D eigenvalue weighted by molar-refractivity contribution is 0.306. The van der Waals surface area contributed by atoms with Gasteiger partial charge in [0.25, 0.3) is 0 Å². The van der Waals surface area contributed by atoms with Crippen LogP contribution in [0.1, 0.15) is 16.8 Å². The smallest absolute Gasteiger partial charge is 0.119 e. The summed E-state index contributed by atoms with van der Waals surface area (Å²) in [4.78, 5) is 0. The van der Waals surface area contributed by atoms with Crippen LogP contribution in [-0.2, 0) is 19.7 Å². The molecule has 0 saturated heterocycles. The molecule has 0 amide bonds. The number of nitrogens with one attached hydrogen (secondary N) is 2. The molecule has 0 spiro atoms. The summed E-state index contributed by atoms with van der Waals surface area (Å²) in [5.74, 6) is 0.873. The van der Waals surface area contributed by atoms with Crippen LogP contribution in [0.2, 0.25) is 0 Å². The van der Waals surface area contributed by atoms with Crippen molar-refractivity contribution >= 4 is 0 Å². The molecule has 1 aliphatic heterocycles. The van der Waals surface area contributed by atoms with Crippen LogP contribution < -0.4 is 10.1 Å². The Hall–Kier alpha value is -2.59. The van der Waals surface area contributed by atoms with Gasteiger partial charge in [-0.2, -0.15) is 5.10 Å². The zero-order valence-corrected chi connectivity index (χ0v) is 12.2. The maximum absolute atomic E-state index is 5.82. The molecule has 0 bridgehead atoms. The van der Waals surface area contributed by atoms with Gasteiger partial charge in [-0.05, 0) is 29.8 Å². The van der Waals surface area contributed by atoms with Crippen LogP contribution in [0.15, 0.2) is 54.6 Å². The molecule has 0 radical (unpaired) electrons. The standard InChI is InChI=1S/C18H17N3O/c1-2-4-13(5-3-1)12-22-15-8-6-14(7-9-15)18-16-10-19-11-17(16)20-21-18/h1-9,19H,10-12H2,(H,20,21). The van der Waals surface area contributed by atoms with Gasteiger partial charge < -0.3 is 10.1 Å². The van der Waals surface area contributed by atoms with Crippen molar-refractivity contribution in [1.29, 1.82) is 0 Å². The van der Waals surface area contributed by atoms with E-state index in [0.29, 0.717) is 6.61 Å². The van der Waals surface area contributed by atoms with Crippen LogP contribution in [0.5, 0.6) is 5.75 Å². The highest BCUT2D eigenvalue weighted by Crippen LogP contribution is 2.28. The summed E-state index contributed by atoms with van der Waals surface area (Å²) in [5, 5.41) is 10.9. The van der Waals surface area contributed by atoms with Gasteiger partial charge in [0.1, 0.15) is 12.4 Å². The molecule has 4 rings (SSSR count). The fourth-order valence-corrected chi connectivity index (χ4v) is 2.74. The van der Waals surface area contributed by atoms with Crippen LogP contribution in [0, 0.1) is 0 Å². The van der Waals surface area contributed by atoms with Crippen molar-refractivity contribution in [2.24, 2.45) is 0 Å². The number of benzene rings is 2. The number of hydrogen-bond donors (Lipinski definition) is 2. The first kappa shape index (κ1) is 13.1. The second-order valence-corrected chi connectivity index (χ2v) is 5.43. The molecular weight excluding hydrogens is 274 g/mol. The maximum Gasteiger partial charge on any atom is 0.119 e. The molecule has 2 heterocycles. The minimum Gasteiger partial charge on any atom is -0.489 e. The van der Waals surface area contributed by atoms with E-state index in [4.69, 9.17) is 4.74 Å². The molecule has 3 aromatic rings. The van der Waals surface area contributed by atoms with E-state index in [9.17, 15) is 0 Å². The summed E-state index contributed by atoms with van der Waals surface area (Å²) in [6, 6.07) is 18.3. The summed E-state index contributed by atoms with van der Waals surface area (Å²) in [5.41, 5.74) is 5.79. The van der Waals surface area contributed by atoms with Crippen LogP contribution >= 0.6 is 0 Å². The highest BCUT2D eigenvalue weighted by atomic mass is 16.5. The topological polar surface area (TPSA) is 49.9 Å². The van der Waals surface area contributed by atoms with Crippen molar-refractivity contribution in [1.82, 2.24) is 15.5 Å². The van der Waals surface area contributed by atoms with Gasteiger partial charge in [0, 0.05) is 24.2 Å². The van der Waals surface area contributed by atoms with Gasteiger partial charge in [0.05, 0.1) is 11.4 Å². The third-order valence-corrected chi connectivity index (χ3v) is 3.93. The molecule has 110 valence electrons. The van der Waals surface area contributed by atoms with E-state index < -0.39 is 0 Å². The number of fused-ring (bicyclic) bond motifs is 1. The van der Waals surface area contributed by atoms with E-state index in [-0.39, 0.29) is 0 Å². The SMILES string of the molecule is c1ccc(COc2ccc(-c3n[nH]c4c3CNC4)cc2)cc1. The van der Waals surface area contributed by atoms with Crippen LogP contribution in [0.25, 0.3) is 11.3 Å².